The minimum absolute atomic E-state index is 0.254. The van der Waals surface area contributed by atoms with E-state index < -0.39 is 7.12 Å². The molecule has 1 unspecified atom stereocenters. The first kappa shape index (κ1) is 50.4. The van der Waals surface area contributed by atoms with Gasteiger partial charge >= 0.3 is 7.12 Å². The van der Waals surface area contributed by atoms with Crippen molar-refractivity contribution in [3.05, 3.63) is 24.3 Å². The van der Waals surface area contributed by atoms with Crippen molar-refractivity contribution in [2.75, 3.05) is 32.7 Å². The summed E-state index contributed by atoms with van der Waals surface area (Å²) in [6, 6.07) is 0. The summed E-state index contributed by atoms with van der Waals surface area (Å²) in [6.45, 7) is 11.1. The van der Waals surface area contributed by atoms with Crippen molar-refractivity contribution in [1.29, 1.82) is 0 Å². The summed E-state index contributed by atoms with van der Waals surface area (Å²) in [5.74, 6) is 0. The SMILES string of the molecule is CCCCCCCC/C=C\CCCCCCC/C=N/OCC(C[N+](CC)(CC)CB(O)O)O/N=C/CCCCCCC/C=C\CCCCCCCC. The average molecular weight is 733 g/mol. The maximum atomic E-state index is 9.76. The Labute approximate surface area is 323 Å². The van der Waals surface area contributed by atoms with E-state index in [1.807, 2.05) is 12.4 Å². The Morgan fingerprint density at radius 1 is 0.500 bits per heavy atom. The van der Waals surface area contributed by atoms with Crippen molar-refractivity contribution >= 4 is 19.5 Å². The van der Waals surface area contributed by atoms with Gasteiger partial charge in [0.05, 0.1) is 13.1 Å². The highest BCUT2D eigenvalue weighted by Gasteiger charge is 2.34. The summed E-state index contributed by atoms with van der Waals surface area (Å²) in [5, 5.41) is 28.0. The number of hydrogen-bond acceptors (Lipinski definition) is 6. The molecule has 0 saturated heterocycles. The van der Waals surface area contributed by atoms with Crippen LogP contribution in [0.3, 0.4) is 0 Å². The highest BCUT2D eigenvalue weighted by Crippen LogP contribution is 2.14. The molecule has 0 heterocycles. The predicted molar refractivity (Wildman–Crippen MR) is 228 cm³/mol. The molecule has 1 atom stereocenters. The number of rotatable bonds is 41. The molecular weight excluding hydrogens is 645 g/mol. The molecule has 0 radical (unpaired) electrons. The summed E-state index contributed by atoms with van der Waals surface area (Å²) < 4.78 is 0.522. The van der Waals surface area contributed by atoms with Crippen molar-refractivity contribution in [1.82, 2.24) is 0 Å². The minimum Gasteiger partial charge on any atom is -0.423 e. The summed E-state index contributed by atoms with van der Waals surface area (Å²) in [7, 11) is -1.37. The van der Waals surface area contributed by atoms with Gasteiger partial charge in [0.25, 0.3) is 0 Å². The van der Waals surface area contributed by atoms with Crippen LogP contribution >= 0.6 is 0 Å². The van der Waals surface area contributed by atoms with Crippen LogP contribution in [0, 0.1) is 0 Å². The van der Waals surface area contributed by atoms with Crippen LogP contribution in [-0.4, -0.2) is 72.9 Å². The fourth-order valence-corrected chi connectivity index (χ4v) is 6.74. The van der Waals surface area contributed by atoms with E-state index >= 15 is 0 Å². The molecule has 0 fully saturated rings. The zero-order valence-corrected chi connectivity index (χ0v) is 35.0. The Hall–Kier alpha value is -1.64. The number of hydrogen-bond donors (Lipinski definition) is 2. The molecule has 0 aromatic carbocycles. The molecule has 0 saturated carbocycles. The number of likely N-dealkylation sites (N-methyl/N-ethyl adjacent to an activating group) is 1. The van der Waals surface area contributed by atoms with Crippen molar-refractivity contribution in [2.24, 2.45) is 10.3 Å². The van der Waals surface area contributed by atoms with Crippen molar-refractivity contribution in [2.45, 2.75) is 214 Å². The largest absolute Gasteiger partial charge is 0.511 e. The second-order valence-corrected chi connectivity index (χ2v) is 15.2. The average Bonchev–Trinajstić information content (AvgIpc) is 3.14. The van der Waals surface area contributed by atoms with Gasteiger partial charge in [-0.2, -0.15) is 0 Å². The summed E-state index contributed by atoms with van der Waals surface area (Å²) in [5.41, 5.74) is 0. The zero-order chi connectivity index (χ0) is 38.1. The van der Waals surface area contributed by atoms with Gasteiger partial charge in [-0.05, 0) is 90.9 Å². The third-order valence-corrected chi connectivity index (χ3v) is 10.4. The Bertz CT molecular complexity index is 832. The minimum atomic E-state index is -1.37. The highest BCUT2D eigenvalue weighted by molar-refractivity contribution is 6.40. The number of quaternary nitrogens is 1. The molecule has 0 aromatic heterocycles. The van der Waals surface area contributed by atoms with Crippen LogP contribution in [0.15, 0.2) is 34.6 Å². The third kappa shape index (κ3) is 35.4. The van der Waals surface area contributed by atoms with Crippen LogP contribution in [0.1, 0.15) is 207 Å². The molecule has 0 aromatic rings. The maximum Gasteiger partial charge on any atom is 0.511 e. The van der Waals surface area contributed by atoms with E-state index in [0.29, 0.717) is 11.0 Å². The number of nitrogens with zero attached hydrogens (tertiary/aromatic N) is 3. The van der Waals surface area contributed by atoms with Gasteiger partial charge in [0.1, 0.15) is 13.0 Å². The van der Waals surface area contributed by atoms with Crippen LogP contribution in [0.2, 0.25) is 0 Å². The zero-order valence-electron chi connectivity index (χ0n) is 35.0. The Kier molecular flexibility index (Phi) is 39.3. The van der Waals surface area contributed by atoms with Crippen molar-refractivity contribution in [3.63, 3.8) is 0 Å². The van der Waals surface area contributed by atoms with Crippen LogP contribution in [0.25, 0.3) is 0 Å². The lowest BCUT2D eigenvalue weighted by Crippen LogP contribution is -2.57. The lowest BCUT2D eigenvalue weighted by atomic mass is 9.89. The fraction of sp³-hybridized carbons (Fsp3) is 0.864. The maximum absolute atomic E-state index is 9.76. The Balaban J connectivity index is 4.22. The Morgan fingerprint density at radius 2 is 0.865 bits per heavy atom. The molecular formula is C44H87BN3O4+. The van der Waals surface area contributed by atoms with Crippen LogP contribution in [-0.2, 0) is 9.68 Å². The number of oxime groups is 2. The second-order valence-electron chi connectivity index (χ2n) is 15.2. The van der Waals surface area contributed by atoms with E-state index in [0.717, 1.165) is 38.8 Å². The molecule has 304 valence electrons. The normalized spacial score (nSPS) is 13.0. The highest BCUT2D eigenvalue weighted by atomic mass is 16.7. The first-order valence-corrected chi connectivity index (χ1v) is 22.4. The van der Waals surface area contributed by atoms with Gasteiger partial charge in [-0.1, -0.05) is 151 Å². The van der Waals surface area contributed by atoms with E-state index in [1.165, 1.54) is 154 Å². The van der Waals surface area contributed by atoms with Gasteiger partial charge in [-0.25, -0.2) is 0 Å². The lowest BCUT2D eigenvalue weighted by molar-refractivity contribution is -0.919. The molecule has 7 nitrogen and oxygen atoms in total. The van der Waals surface area contributed by atoms with Gasteiger partial charge in [-0.3, -0.25) is 0 Å². The number of unbranched alkanes of at least 4 members (excludes halogenated alkanes) is 24. The summed E-state index contributed by atoms with van der Waals surface area (Å²) in [6.07, 6.45) is 48.8. The molecule has 0 aliphatic heterocycles. The van der Waals surface area contributed by atoms with Gasteiger partial charge in [0, 0.05) is 12.4 Å². The molecule has 52 heavy (non-hydrogen) atoms. The molecule has 0 aliphatic carbocycles. The summed E-state index contributed by atoms with van der Waals surface area (Å²) >= 11 is 0. The first-order chi connectivity index (χ1) is 25.5. The monoisotopic (exact) mass is 733 g/mol. The van der Waals surface area contributed by atoms with Crippen molar-refractivity contribution in [3.8, 4) is 0 Å². The molecule has 0 amide bonds. The van der Waals surface area contributed by atoms with Gasteiger partial charge in [-0.15, -0.1) is 0 Å². The predicted octanol–water partition coefficient (Wildman–Crippen LogP) is 12.3. The van der Waals surface area contributed by atoms with Crippen molar-refractivity contribution < 1.29 is 24.2 Å². The molecule has 0 bridgehead atoms. The van der Waals surface area contributed by atoms with E-state index in [9.17, 15) is 10.0 Å². The topological polar surface area (TPSA) is 83.6 Å². The fourth-order valence-electron chi connectivity index (χ4n) is 6.74. The van der Waals surface area contributed by atoms with Crippen LogP contribution in [0.5, 0.6) is 0 Å². The lowest BCUT2D eigenvalue weighted by Gasteiger charge is -2.38. The van der Waals surface area contributed by atoms with E-state index in [2.05, 4.69) is 62.3 Å². The van der Waals surface area contributed by atoms with Crippen LogP contribution in [0.4, 0.5) is 0 Å². The summed E-state index contributed by atoms with van der Waals surface area (Å²) in [4.78, 5) is 11.6. The Morgan fingerprint density at radius 3 is 1.25 bits per heavy atom. The quantitative estimate of drug-likeness (QED) is 0.0164. The van der Waals surface area contributed by atoms with Gasteiger partial charge in [0.2, 0.25) is 6.10 Å². The van der Waals surface area contributed by atoms with Gasteiger partial charge in [0.15, 0.2) is 6.61 Å². The van der Waals surface area contributed by atoms with E-state index in [4.69, 9.17) is 9.68 Å². The molecule has 0 spiro atoms. The second kappa shape index (κ2) is 40.5. The molecule has 2 N–H and O–H groups in total. The van der Waals surface area contributed by atoms with Crippen LogP contribution < -0.4 is 0 Å². The van der Waals surface area contributed by atoms with E-state index in [-0.39, 0.29) is 19.2 Å². The number of allylic oxidation sites excluding steroid dienone is 4. The molecule has 0 rings (SSSR count). The van der Waals surface area contributed by atoms with Gasteiger partial charge < -0.3 is 24.2 Å². The standard InChI is InChI=1S/C44H87BN3O4/c1-5-9-11-13-15-17-19-21-23-25-27-29-31-33-35-37-39-46-51-42-44(41-48(7-3,8-4)43-45(49)50)52-47-40-38-36-34-32-30-28-26-24-22-20-18-16-14-12-10-6-2/h21-24,39-40,44,49-50H,5-20,25-38,41-43H2,1-4H3/q+1/b23-21-,24-22-,46-39+,47-40+. The molecule has 8 heteroatoms. The smallest absolute Gasteiger partial charge is 0.423 e. The molecule has 0 aliphatic rings. The first-order valence-electron chi connectivity index (χ1n) is 22.4. The van der Waals surface area contributed by atoms with E-state index in [1.54, 1.807) is 0 Å². The third-order valence-electron chi connectivity index (χ3n) is 10.4.